The van der Waals surface area contributed by atoms with Crippen LogP contribution in [0.15, 0.2) is 58.4 Å². The Bertz CT molecular complexity index is 1530. The summed E-state index contributed by atoms with van der Waals surface area (Å²) in [5.41, 5.74) is -2.28. The Morgan fingerprint density at radius 1 is 1.00 bits per heavy atom. The molecule has 2 aliphatic heterocycles. The first kappa shape index (κ1) is 33.2. The number of carbonyl (C=O) groups is 1. The third-order valence-electron chi connectivity index (χ3n) is 9.14. The molecule has 45 heavy (non-hydrogen) atoms. The van der Waals surface area contributed by atoms with Crippen LogP contribution in [0.2, 0.25) is 0 Å². The maximum atomic E-state index is 14.0. The number of aliphatic imine (C=N–C) groups is 1. The lowest BCUT2D eigenvalue weighted by atomic mass is 9.73. The highest BCUT2D eigenvalue weighted by atomic mass is 32.2. The summed E-state index contributed by atoms with van der Waals surface area (Å²) in [4.78, 5) is 19.3. The molecule has 2 aromatic rings. The number of hydrogen-bond acceptors (Lipinski definition) is 5. The molecule has 0 aromatic heterocycles. The molecule has 1 saturated heterocycles. The third kappa shape index (κ3) is 7.01. The van der Waals surface area contributed by atoms with Crippen LogP contribution in [-0.2, 0) is 27.5 Å². The Hall–Kier alpha value is -3.13. The van der Waals surface area contributed by atoms with Crippen LogP contribution < -0.4 is 5.32 Å². The fourth-order valence-corrected chi connectivity index (χ4v) is 8.12. The van der Waals surface area contributed by atoms with Crippen molar-refractivity contribution in [3.63, 3.8) is 0 Å². The molecule has 1 N–H and O–H groups in total. The number of amides is 1. The molecule has 0 spiro atoms. The first-order valence-electron chi connectivity index (χ1n) is 14.9. The number of piperidine rings is 1. The lowest BCUT2D eigenvalue weighted by Gasteiger charge is -2.49. The van der Waals surface area contributed by atoms with Crippen molar-refractivity contribution >= 4 is 21.8 Å². The van der Waals surface area contributed by atoms with E-state index in [4.69, 9.17) is 4.99 Å². The predicted molar refractivity (Wildman–Crippen MR) is 156 cm³/mol. The van der Waals surface area contributed by atoms with Crippen LogP contribution in [0.1, 0.15) is 69.9 Å². The van der Waals surface area contributed by atoms with Crippen molar-refractivity contribution in [3.8, 4) is 0 Å². The summed E-state index contributed by atoms with van der Waals surface area (Å²) in [7, 11) is -4.23. The van der Waals surface area contributed by atoms with Crippen LogP contribution in [0.5, 0.6) is 0 Å². The van der Waals surface area contributed by atoms with Crippen molar-refractivity contribution in [1.29, 1.82) is 0 Å². The third-order valence-corrected chi connectivity index (χ3v) is 11.1. The second-order valence-electron chi connectivity index (χ2n) is 12.7. The molecule has 1 saturated carbocycles. The van der Waals surface area contributed by atoms with E-state index in [-0.39, 0.29) is 36.9 Å². The number of carbonyl (C=O) groups excluding carboxylic acids is 1. The number of sulfonamides is 1. The molecule has 5 rings (SSSR count). The van der Waals surface area contributed by atoms with Gasteiger partial charge in [0.2, 0.25) is 15.9 Å². The Morgan fingerprint density at radius 2 is 1.60 bits per heavy atom. The van der Waals surface area contributed by atoms with Crippen molar-refractivity contribution in [1.82, 2.24) is 14.5 Å². The summed E-state index contributed by atoms with van der Waals surface area (Å²) >= 11 is 0. The minimum atomic E-state index is -4.55. The minimum Gasteiger partial charge on any atom is -0.360 e. The van der Waals surface area contributed by atoms with Crippen molar-refractivity contribution in [2.45, 2.75) is 99.5 Å². The van der Waals surface area contributed by atoms with Crippen LogP contribution in [0.25, 0.3) is 0 Å². The number of amidine groups is 1. The number of hydrogen-bond donors (Lipinski definition) is 1. The summed E-state index contributed by atoms with van der Waals surface area (Å²) in [6.07, 6.45) is -3.10. The maximum absolute atomic E-state index is 14.0. The summed E-state index contributed by atoms with van der Waals surface area (Å²) in [5, 5.41) is 3.16. The average molecular weight is 659 g/mol. The summed E-state index contributed by atoms with van der Waals surface area (Å²) in [5.74, 6) is -3.25. The quantitative estimate of drug-likeness (QED) is 0.328. The summed E-state index contributed by atoms with van der Waals surface area (Å²) in [6.45, 7) is 3.22. The molecule has 2 heterocycles. The van der Waals surface area contributed by atoms with E-state index in [1.165, 1.54) is 21.3 Å². The van der Waals surface area contributed by atoms with Gasteiger partial charge in [-0.25, -0.2) is 21.6 Å². The topological polar surface area (TPSA) is 82.1 Å². The Kier molecular flexibility index (Phi) is 8.79. The molecule has 2 fully saturated rings. The Morgan fingerprint density at radius 3 is 2.13 bits per heavy atom. The highest BCUT2D eigenvalue weighted by molar-refractivity contribution is 7.89. The molecule has 0 bridgehead atoms. The van der Waals surface area contributed by atoms with E-state index >= 15 is 0 Å². The smallest absolute Gasteiger partial charge is 0.360 e. The molecule has 1 aliphatic carbocycles. The van der Waals surface area contributed by atoms with E-state index < -0.39 is 63.5 Å². The number of alkyl halides is 5. The van der Waals surface area contributed by atoms with E-state index in [0.717, 1.165) is 36.4 Å². The summed E-state index contributed by atoms with van der Waals surface area (Å²) in [6, 6.07) is 7.94. The zero-order valence-electron chi connectivity index (χ0n) is 25.0. The van der Waals surface area contributed by atoms with Gasteiger partial charge >= 0.3 is 6.18 Å². The highest BCUT2D eigenvalue weighted by Gasteiger charge is 2.50. The Balaban J connectivity index is 1.37. The van der Waals surface area contributed by atoms with Gasteiger partial charge in [0.1, 0.15) is 11.9 Å². The fourth-order valence-electron chi connectivity index (χ4n) is 6.28. The van der Waals surface area contributed by atoms with Gasteiger partial charge in [0, 0.05) is 44.4 Å². The molecule has 246 valence electrons. The van der Waals surface area contributed by atoms with Gasteiger partial charge in [-0.15, -0.1) is 0 Å². The van der Waals surface area contributed by atoms with Gasteiger partial charge in [-0.05, 0) is 81.5 Å². The molecule has 1 atom stereocenters. The van der Waals surface area contributed by atoms with E-state index in [0.29, 0.717) is 37.1 Å². The Labute approximate surface area is 258 Å². The zero-order chi connectivity index (χ0) is 32.8. The molecule has 0 radical (unpaired) electrons. The average Bonchev–Trinajstić information content (AvgIpc) is 3.25. The second-order valence-corrected chi connectivity index (χ2v) is 14.6. The van der Waals surface area contributed by atoms with Crippen molar-refractivity contribution < 1.29 is 39.6 Å². The van der Waals surface area contributed by atoms with Gasteiger partial charge in [0.05, 0.1) is 21.8 Å². The first-order chi connectivity index (χ1) is 20.9. The molecule has 2 aromatic carbocycles. The SMILES string of the molecule is CC1(C)N=C(CCC2(N(Cc3ccc(C(F)(F)F)cc3)S(=O)(=O)c3ccc(F)cc3)CCC2)NC1C(=O)N1CCC(F)(F)CC1. The lowest BCUT2D eigenvalue weighted by molar-refractivity contribution is -0.140. The standard InChI is InChI=1S/C31H36F6N4O3S/c1-28(2)26(27(42)40-18-16-30(33,34)17-19-40)38-25(39-28)12-15-29(13-3-14-29)41(45(43,44)24-10-8-23(32)9-11-24)20-21-4-6-22(7-5-21)31(35,36)37/h4-11,26H,3,12-20H2,1-2H3,(H,38,39). The van der Waals surface area contributed by atoms with Gasteiger partial charge in [0.25, 0.3) is 5.92 Å². The molecule has 3 aliphatic rings. The zero-order valence-corrected chi connectivity index (χ0v) is 25.8. The van der Waals surface area contributed by atoms with Gasteiger partial charge < -0.3 is 10.2 Å². The number of benzene rings is 2. The van der Waals surface area contributed by atoms with Crippen LogP contribution in [0, 0.1) is 5.82 Å². The number of halogens is 6. The monoisotopic (exact) mass is 658 g/mol. The van der Waals surface area contributed by atoms with Crippen molar-refractivity contribution in [3.05, 3.63) is 65.5 Å². The van der Waals surface area contributed by atoms with Crippen LogP contribution in [-0.4, -0.2) is 65.5 Å². The molecule has 1 amide bonds. The fraction of sp³-hybridized carbons (Fsp3) is 0.548. The molecular formula is C31H36F6N4O3S. The highest BCUT2D eigenvalue weighted by Crippen LogP contribution is 2.46. The minimum absolute atomic E-state index is 0.0569. The number of nitrogens with one attached hydrogen (secondary N) is 1. The number of likely N-dealkylation sites (tertiary alicyclic amines) is 1. The van der Waals surface area contributed by atoms with Crippen molar-refractivity contribution in [2.75, 3.05) is 13.1 Å². The predicted octanol–water partition coefficient (Wildman–Crippen LogP) is 6.14. The van der Waals surface area contributed by atoms with E-state index in [1.54, 1.807) is 13.8 Å². The first-order valence-corrected chi connectivity index (χ1v) is 16.3. The molecule has 7 nitrogen and oxygen atoms in total. The lowest BCUT2D eigenvalue weighted by Crippen LogP contribution is -2.57. The largest absolute Gasteiger partial charge is 0.416 e. The van der Waals surface area contributed by atoms with Gasteiger partial charge in [-0.2, -0.15) is 17.5 Å². The van der Waals surface area contributed by atoms with Crippen molar-refractivity contribution in [2.24, 2.45) is 4.99 Å². The van der Waals surface area contributed by atoms with Gasteiger partial charge in [-0.3, -0.25) is 9.79 Å². The number of rotatable bonds is 9. The van der Waals surface area contributed by atoms with Gasteiger partial charge in [0.15, 0.2) is 0 Å². The molecule has 1 unspecified atom stereocenters. The van der Waals surface area contributed by atoms with E-state index in [1.807, 2.05) is 0 Å². The van der Waals surface area contributed by atoms with E-state index in [9.17, 15) is 39.6 Å². The second kappa shape index (κ2) is 11.9. The number of nitrogens with zero attached hydrogens (tertiary/aromatic N) is 3. The molecule has 14 heteroatoms. The van der Waals surface area contributed by atoms with E-state index in [2.05, 4.69) is 5.32 Å². The van der Waals surface area contributed by atoms with Crippen LogP contribution in [0.3, 0.4) is 0 Å². The van der Waals surface area contributed by atoms with Crippen LogP contribution >= 0.6 is 0 Å². The molecular weight excluding hydrogens is 622 g/mol. The maximum Gasteiger partial charge on any atom is 0.416 e. The summed E-state index contributed by atoms with van der Waals surface area (Å²) < 4.78 is 110. The van der Waals surface area contributed by atoms with Gasteiger partial charge in [-0.1, -0.05) is 12.1 Å². The van der Waals surface area contributed by atoms with Crippen LogP contribution in [0.4, 0.5) is 26.3 Å². The normalized spacial score (nSPS) is 22.5.